The van der Waals surface area contributed by atoms with Crippen LogP contribution in [0.2, 0.25) is 0 Å². The van der Waals surface area contributed by atoms with Gasteiger partial charge in [-0.15, -0.1) is 0 Å². The van der Waals surface area contributed by atoms with Gasteiger partial charge in [-0.3, -0.25) is 0 Å². The van der Waals surface area contributed by atoms with Crippen LogP contribution in [0.1, 0.15) is 36.2 Å². The Labute approximate surface area is 118 Å². The minimum Gasteiger partial charge on any atom is -0.383 e. The van der Waals surface area contributed by atoms with Crippen LogP contribution in [0.5, 0.6) is 0 Å². The lowest BCUT2D eigenvalue weighted by molar-refractivity contribution is 0.199. The number of nitrogens with one attached hydrogen (secondary N) is 1. The largest absolute Gasteiger partial charge is 0.383 e. The summed E-state index contributed by atoms with van der Waals surface area (Å²) in [6, 6.07) is 4.13. The van der Waals surface area contributed by atoms with Gasteiger partial charge in [0, 0.05) is 38.0 Å². The number of methoxy groups -OCH3 is 1. The minimum absolute atomic E-state index is 0.535. The Balaban J connectivity index is 1.57. The molecule has 0 radical (unpaired) electrons. The number of rotatable bonds is 8. The fourth-order valence-electron chi connectivity index (χ4n) is 2.14. The average molecular weight is 276 g/mol. The summed E-state index contributed by atoms with van der Waals surface area (Å²) in [5.41, 5.74) is 1.20. The Kier molecular flexibility index (Phi) is 4.13. The van der Waals surface area contributed by atoms with Gasteiger partial charge in [0.2, 0.25) is 5.89 Å². The van der Waals surface area contributed by atoms with Gasteiger partial charge in [0.25, 0.3) is 0 Å². The van der Waals surface area contributed by atoms with E-state index >= 15 is 0 Å². The Morgan fingerprint density at radius 2 is 2.40 bits per heavy atom. The molecule has 0 amide bonds. The van der Waals surface area contributed by atoms with E-state index in [9.17, 15) is 0 Å². The van der Waals surface area contributed by atoms with E-state index in [0.29, 0.717) is 18.4 Å². The molecular weight excluding hydrogens is 256 g/mol. The van der Waals surface area contributed by atoms with Crippen molar-refractivity contribution in [3.05, 3.63) is 35.7 Å². The van der Waals surface area contributed by atoms with Crippen LogP contribution < -0.4 is 5.32 Å². The van der Waals surface area contributed by atoms with Gasteiger partial charge in [-0.2, -0.15) is 4.98 Å². The lowest BCUT2D eigenvalue weighted by Gasteiger charge is -2.07. The quantitative estimate of drug-likeness (QED) is 0.741. The monoisotopic (exact) mass is 276 g/mol. The molecule has 1 fully saturated rings. The molecule has 1 aliphatic rings. The average Bonchev–Trinajstić information content (AvgIpc) is 3.05. The van der Waals surface area contributed by atoms with Gasteiger partial charge in [-0.1, -0.05) is 5.16 Å². The van der Waals surface area contributed by atoms with Gasteiger partial charge >= 0.3 is 0 Å². The smallest absolute Gasteiger partial charge is 0.246 e. The van der Waals surface area contributed by atoms with Crippen molar-refractivity contribution in [1.82, 2.24) is 20.0 Å². The molecule has 0 saturated heterocycles. The summed E-state index contributed by atoms with van der Waals surface area (Å²) in [7, 11) is 1.71. The highest BCUT2D eigenvalue weighted by molar-refractivity contribution is 5.09. The van der Waals surface area contributed by atoms with Crippen molar-refractivity contribution in [1.29, 1.82) is 0 Å². The summed E-state index contributed by atoms with van der Waals surface area (Å²) < 4.78 is 12.5. The Bertz CT molecular complexity index is 545. The fourth-order valence-corrected chi connectivity index (χ4v) is 2.14. The first-order valence-corrected chi connectivity index (χ1v) is 7.03. The number of nitrogens with zero attached hydrogens (tertiary/aromatic N) is 3. The van der Waals surface area contributed by atoms with Gasteiger partial charge < -0.3 is 19.1 Å². The van der Waals surface area contributed by atoms with Crippen LogP contribution in [0.25, 0.3) is 0 Å². The highest BCUT2D eigenvalue weighted by Gasteiger charge is 2.28. The Hall–Kier alpha value is -1.66. The fraction of sp³-hybridized carbons (Fsp3) is 0.571. The van der Waals surface area contributed by atoms with Crippen LogP contribution in [0.15, 0.2) is 22.9 Å². The highest BCUT2D eigenvalue weighted by atomic mass is 16.5. The molecule has 108 valence electrons. The number of aromatic nitrogens is 3. The zero-order valence-corrected chi connectivity index (χ0v) is 11.7. The first-order valence-electron chi connectivity index (χ1n) is 7.03. The summed E-state index contributed by atoms with van der Waals surface area (Å²) in [5.74, 6) is 2.08. The van der Waals surface area contributed by atoms with Crippen molar-refractivity contribution in [3.63, 3.8) is 0 Å². The molecule has 0 atom stereocenters. The van der Waals surface area contributed by atoms with Crippen molar-refractivity contribution < 1.29 is 9.26 Å². The van der Waals surface area contributed by atoms with Crippen LogP contribution in [0, 0.1) is 0 Å². The zero-order valence-electron chi connectivity index (χ0n) is 11.7. The molecule has 0 aromatic carbocycles. The van der Waals surface area contributed by atoms with E-state index < -0.39 is 0 Å². The minimum atomic E-state index is 0.535. The molecule has 1 N–H and O–H groups in total. The van der Waals surface area contributed by atoms with E-state index in [1.807, 2.05) is 12.3 Å². The van der Waals surface area contributed by atoms with Crippen LogP contribution in [0.3, 0.4) is 0 Å². The third-order valence-corrected chi connectivity index (χ3v) is 3.44. The number of hydrogen-bond donors (Lipinski definition) is 1. The van der Waals surface area contributed by atoms with Gasteiger partial charge in [-0.05, 0) is 25.0 Å². The van der Waals surface area contributed by atoms with Crippen molar-refractivity contribution in [3.8, 4) is 0 Å². The lowest BCUT2D eigenvalue weighted by Crippen LogP contribution is -2.20. The van der Waals surface area contributed by atoms with E-state index in [-0.39, 0.29) is 0 Å². The molecule has 2 heterocycles. The van der Waals surface area contributed by atoms with Crippen LogP contribution in [0.4, 0.5) is 0 Å². The number of hydrogen-bond acceptors (Lipinski definition) is 5. The summed E-state index contributed by atoms with van der Waals surface area (Å²) in [4.78, 5) is 4.46. The Morgan fingerprint density at radius 3 is 3.20 bits per heavy atom. The first-order chi connectivity index (χ1) is 9.86. The van der Waals surface area contributed by atoms with E-state index in [2.05, 4.69) is 26.1 Å². The van der Waals surface area contributed by atoms with Crippen LogP contribution in [-0.2, 0) is 17.8 Å². The van der Waals surface area contributed by atoms with Crippen LogP contribution >= 0.6 is 0 Å². The Morgan fingerprint density at radius 1 is 1.50 bits per heavy atom. The molecule has 2 aromatic heterocycles. The van der Waals surface area contributed by atoms with E-state index in [4.69, 9.17) is 9.26 Å². The second-order valence-corrected chi connectivity index (χ2v) is 5.12. The lowest BCUT2D eigenvalue weighted by atomic mass is 10.4. The predicted octanol–water partition coefficient (Wildman–Crippen LogP) is 1.53. The summed E-state index contributed by atoms with van der Waals surface area (Å²) in [5, 5.41) is 7.38. The van der Waals surface area contributed by atoms with E-state index in [1.165, 1.54) is 18.5 Å². The molecule has 0 aliphatic heterocycles. The van der Waals surface area contributed by atoms with Crippen molar-refractivity contribution in [2.45, 2.75) is 31.8 Å². The van der Waals surface area contributed by atoms with Crippen molar-refractivity contribution in [2.24, 2.45) is 0 Å². The third-order valence-electron chi connectivity index (χ3n) is 3.44. The molecule has 0 unspecified atom stereocenters. The molecule has 20 heavy (non-hydrogen) atoms. The molecule has 0 spiro atoms. The SMILES string of the molecule is COCCNCc1cccn1Cc1nc(C2CC2)no1. The normalized spacial score (nSPS) is 14.8. The standard InChI is InChI=1S/C14H20N4O2/c1-19-8-6-15-9-12-3-2-7-18(12)10-13-16-14(17-20-13)11-4-5-11/h2-3,7,11,15H,4-6,8-10H2,1H3. The van der Waals surface area contributed by atoms with Crippen molar-refractivity contribution in [2.75, 3.05) is 20.3 Å². The maximum absolute atomic E-state index is 5.31. The molecule has 2 aromatic rings. The van der Waals surface area contributed by atoms with E-state index in [0.717, 1.165) is 25.5 Å². The molecule has 1 aliphatic carbocycles. The second kappa shape index (κ2) is 6.19. The van der Waals surface area contributed by atoms with Gasteiger partial charge in [0.15, 0.2) is 5.82 Å². The maximum Gasteiger partial charge on any atom is 0.246 e. The van der Waals surface area contributed by atoms with Gasteiger partial charge in [0.1, 0.15) is 6.54 Å². The molecule has 0 bridgehead atoms. The molecule has 6 nitrogen and oxygen atoms in total. The summed E-state index contributed by atoms with van der Waals surface area (Å²) in [6.07, 6.45) is 4.42. The molecular formula is C14H20N4O2. The van der Waals surface area contributed by atoms with Gasteiger partial charge in [0.05, 0.1) is 6.61 Å². The highest BCUT2D eigenvalue weighted by Crippen LogP contribution is 2.38. The van der Waals surface area contributed by atoms with Gasteiger partial charge in [-0.25, -0.2) is 0 Å². The predicted molar refractivity (Wildman–Crippen MR) is 73.4 cm³/mol. The molecule has 3 rings (SSSR count). The third kappa shape index (κ3) is 3.26. The molecule has 1 saturated carbocycles. The second-order valence-electron chi connectivity index (χ2n) is 5.12. The first kappa shape index (κ1) is 13.3. The zero-order chi connectivity index (χ0) is 13.8. The van der Waals surface area contributed by atoms with E-state index in [1.54, 1.807) is 7.11 Å². The molecule has 6 heteroatoms. The van der Waals surface area contributed by atoms with Crippen LogP contribution in [-0.4, -0.2) is 35.0 Å². The number of ether oxygens (including phenoxy) is 1. The summed E-state index contributed by atoms with van der Waals surface area (Å²) in [6.45, 7) is 3.00. The van der Waals surface area contributed by atoms with Crippen molar-refractivity contribution >= 4 is 0 Å². The summed E-state index contributed by atoms with van der Waals surface area (Å²) >= 11 is 0. The maximum atomic E-state index is 5.31. The topological polar surface area (TPSA) is 65.1 Å².